The number of hydrogen-bond acceptors (Lipinski definition) is 4. The lowest BCUT2D eigenvalue weighted by atomic mass is 10.2. The highest BCUT2D eigenvalue weighted by molar-refractivity contribution is 7.14. The van der Waals surface area contributed by atoms with Gasteiger partial charge in [-0.15, -0.1) is 11.3 Å². The topological polar surface area (TPSA) is 64.3 Å². The van der Waals surface area contributed by atoms with Crippen LogP contribution in [0.4, 0.5) is 0 Å². The van der Waals surface area contributed by atoms with Gasteiger partial charge in [0, 0.05) is 11.5 Å². The van der Waals surface area contributed by atoms with E-state index in [2.05, 4.69) is 19.3 Å². The summed E-state index contributed by atoms with van der Waals surface area (Å²) in [4.78, 5) is 12.8. The maximum atomic E-state index is 11.1. The molecule has 0 unspecified atom stereocenters. The zero-order valence-corrected chi connectivity index (χ0v) is 9.76. The number of hydrogen-bond donors (Lipinski definition) is 2. The lowest BCUT2D eigenvalue weighted by Crippen LogP contribution is -2.29. The summed E-state index contributed by atoms with van der Waals surface area (Å²) in [7, 11) is 0. The van der Waals surface area contributed by atoms with Crippen molar-refractivity contribution in [1.82, 2.24) is 5.43 Å². The van der Waals surface area contributed by atoms with Crippen molar-refractivity contribution >= 4 is 17.2 Å². The number of nitrogens with two attached hydrogens (primary N) is 1. The summed E-state index contributed by atoms with van der Waals surface area (Å²) in [5.74, 6) is 5.30. The van der Waals surface area contributed by atoms with Gasteiger partial charge in [0.1, 0.15) is 0 Å². The lowest BCUT2D eigenvalue weighted by Gasteiger charge is -2.04. The highest BCUT2D eigenvalue weighted by atomic mass is 32.1. The summed E-state index contributed by atoms with van der Waals surface area (Å²) in [5, 5.41) is 0. The Morgan fingerprint density at radius 2 is 2.33 bits per heavy atom. The van der Waals surface area contributed by atoms with Crippen LogP contribution in [0.5, 0.6) is 0 Å². The fourth-order valence-corrected chi connectivity index (χ4v) is 1.89. The SMILES string of the molecule is CC(C)COCc1ccc(C(=O)NN)s1. The minimum absolute atomic E-state index is 0.255. The van der Waals surface area contributed by atoms with Gasteiger partial charge in [-0.2, -0.15) is 0 Å². The molecule has 1 rings (SSSR count). The van der Waals surface area contributed by atoms with Crippen LogP contribution in [0.1, 0.15) is 28.4 Å². The first-order chi connectivity index (χ1) is 7.13. The van der Waals surface area contributed by atoms with Gasteiger partial charge in [-0.05, 0) is 18.1 Å². The van der Waals surface area contributed by atoms with Gasteiger partial charge in [0.05, 0.1) is 11.5 Å². The molecule has 0 atom stereocenters. The first-order valence-corrected chi connectivity index (χ1v) is 5.62. The second-order valence-electron chi connectivity index (χ2n) is 3.65. The summed E-state index contributed by atoms with van der Waals surface area (Å²) in [6.07, 6.45) is 0. The number of carbonyl (C=O) groups is 1. The molecule has 0 spiro atoms. The summed E-state index contributed by atoms with van der Waals surface area (Å²) < 4.78 is 5.46. The molecule has 3 N–H and O–H groups in total. The Bertz CT molecular complexity index is 323. The minimum atomic E-state index is -0.255. The molecule has 84 valence electrons. The maximum absolute atomic E-state index is 11.1. The lowest BCUT2D eigenvalue weighted by molar-refractivity contribution is 0.0957. The molecule has 0 saturated heterocycles. The van der Waals surface area contributed by atoms with Crippen LogP contribution in [0.2, 0.25) is 0 Å². The van der Waals surface area contributed by atoms with Gasteiger partial charge in [0.25, 0.3) is 5.91 Å². The van der Waals surface area contributed by atoms with E-state index in [9.17, 15) is 4.79 Å². The Kier molecular flexibility index (Phi) is 4.74. The van der Waals surface area contributed by atoms with E-state index >= 15 is 0 Å². The largest absolute Gasteiger partial charge is 0.376 e. The first kappa shape index (κ1) is 12.2. The molecular formula is C10H16N2O2S. The van der Waals surface area contributed by atoms with Gasteiger partial charge in [-0.1, -0.05) is 13.8 Å². The molecule has 1 amide bonds. The van der Waals surface area contributed by atoms with Crippen molar-refractivity contribution in [3.63, 3.8) is 0 Å². The Balaban J connectivity index is 2.43. The van der Waals surface area contributed by atoms with Gasteiger partial charge in [-0.25, -0.2) is 5.84 Å². The summed E-state index contributed by atoms with van der Waals surface area (Å²) in [6.45, 7) is 5.49. The summed E-state index contributed by atoms with van der Waals surface area (Å²) >= 11 is 1.40. The van der Waals surface area contributed by atoms with Crippen molar-refractivity contribution in [1.29, 1.82) is 0 Å². The van der Waals surface area contributed by atoms with Crippen molar-refractivity contribution in [2.45, 2.75) is 20.5 Å². The molecule has 0 aliphatic carbocycles. The summed E-state index contributed by atoms with van der Waals surface area (Å²) in [6, 6.07) is 3.64. The standard InChI is InChI=1S/C10H16N2O2S/c1-7(2)5-14-6-8-3-4-9(15-8)10(13)12-11/h3-4,7H,5-6,11H2,1-2H3,(H,12,13). The van der Waals surface area contributed by atoms with E-state index in [1.807, 2.05) is 6.07 Å². The minimum Gasteiger partial charge on any atom is -0.376 e. The molecular weight excluding hydrogens is 212 g/mol. The molecule has 0 aliphatic rings. The van der Waals surface area contributed by atoms with Gasteiger partial charge in [-0.3, -0.25) is 10.2 Å². The van der Waals surface area contributed by atoms with Crippen LogP contribution >= 0.6 is 11.3 Å². The predicted octanol–water partition coefficient (Wildman–Crippen LogP) is 1.52. The van der Waals surface area contributed by atoms with Crippen LogP contribution in [0.25, 0.3) is 0 Å². The van der Waals surface area contributed by atoms with Crippen molar-refractivity contribution < 1.29 is 9.53 Å². The van der Waals surface area contributed by atoms with Crippen molar-refractivity contribution in [2.24, 2.45) is 11.8 Å². The number of amides is 1. The monoisotopic (exact) mass is 228 g/mol. The Morgan fingerprint density at radius 3 is 2.93 bits per heavy atom. The second kappa shape index (κ2) is 5.85. The molecule has 0 fully saturated rings. The number of rotatable bonds is 5. The molecule has 0 bridgehead atoms. The fourth-order valence-electron chi connectivity index (χ4n) is 1.04. The average molecular weight is 228 g/mol. The van der Waals surface area contributed by atoms with Crippen molar-refractivity contribution in [3.05, 3.63) is 21.9 Å². The van der Waals surface area contributed by atoms with Crippen LogP contribution in [-0.4, -0.2) is 12.5 Å². The maximum Gasteiger partial charge on any atom is 0.275 e. The highest BCUT2D eigenvalue weighted by Gasteiger charge is 2.07. The van der Waals surface area contributed by atoms with E-state index in [0.717, 1.165) is 11.5 Å². The normalized spacial score (nSPS) is 10.7. The van der Waals surface area contributed by atoms with E-state index in [1.54, 1.807) is 6.07 Å². The zero-order valence-electron chi connectivity index (χ0n) is 8.95. The molecule has 0 aliphatic heterocycles. The third-order valence-electron chi connectivity index (χ3n) is 1.71. The van der Waals surface area contributed by atoms with Crippen LogP contribution in [0.15, 0.2) is 12.1 Å². The molecule has 1 heterocycles. The average Bonchev–Trinajstić information content (AvgIpc) is 2.65. The van der Waals surface area contributed by atoms with Gasteiger partial charge < -0.3 is 4.74 Å². The van der Waals surface area contributed by atoms with E-state index in [1.165, 1.54) is 11.3 Å². The second-order valence-corrected chi connectivity index (χ2v) is 4.82. The van der Waals surface area contributed by atoms with E-state index in [4.69, 9.17) is 10.6 Å². The molecule has 0 aromatic carbocycles. The number of ether oxygens (including phenoxy) is 1. The molecule has 4 nitrogen and oxygen atoms in total. The van der Waals surface area contributed by atoms with Gasteiger partial charge >= 0.3 is 0 Å². The van der Waals surface area contributed by atoms with Crippen LogP contribution < -0.4 is 11.3 Å². The smallest absolute Gasteiger partial charge is 0.275 e. The number of hydrazine groups is 1. The van der Waals surface area contributed by atoms with Crippen LogP contribution in [-0.2, 0) is 11.3 Å². The van der Waals surface area contributed by atoms with Crippen LogP contribution in [0.3, 0.4) is 0 Å². The third kappa shape index (κ3) is 3.99. The van der Waals surface area contributed by atoms with Crippen molar-refractivity contribution in [3.8, 4) is 0 Å². The number of thiophene rings is 1. The third-order valence-corrected chi connectivity index (χ3v) is 2.77. The molecule has 5 heteroatoms. The molecule has 0 saturated carbocycles. The zero-order chi connectivity index (χ0) is 11.3. The van der Waals surface area contributed by atoms with Crippen LogP contribution in [0, 0.1) is 5.92 Å². The Morgan fingerprint density at radius 1 is 1.60 bits per heavy atom. The number of nitrogens with one attached hydrogen (secondary N) is 1. The Hall–Kier alpha value is -0.910. The quantitative estimate of drug-likeness (QED) is 0.456. The van der Waals surface area contributed by atoms with E-state index in [-0.39, 0.29) is 5.91 Å². The first-order valence-electron chi connectivity index (χ1n) is 4.81. The van der Waals surface area contributed by atoms with E-state index in [0.29, 0.717) is 17.4 Å². The van der Waals surface area contributed by atoms with Gasteiger partial charge in [0.15, 0.2) is 0 Å². The predicted molar refractivity (Wildman–Crippen MR) is 60.5 cm³/mol. The Labute approximate surface area is 93.4 Å². The fraction of sp³-hybridized carbons (Fsp3) is 0.500. The van der Waals surface area contributed by atoms with Crippen molar-refractivity contribution in [2.75, 3.05) is 6.61 Å². The molecule has 1 aromatic heterocycles. The summed E-state index contributed by atoms with van der Waals surface area (Å²) in [5.41, 5.74) is 2.10. The number of carbonyl (C=O) groups excluding carboxylic acids is 1. The molecule has 0 radical (unpaired) electrons. The van der Waals surface area contributed by atoms with Gasteiger partial charge in [0.2, 0.25) is 0 Å². The number of nitrogen functional groups attached to an aromatic ring is 1. The molecule has 15 heavy (non-hydrogen) atoms. The van der Waals surface area contributed by atoms with E-state index < -0.39 is 0 Å². The molecule has 1 aromatic rings. The highest BCUT2D eigenvalue weighted by Crippen LogP contribution is 2.17.